The summed E-state index contributed by atoms with van der Waals surface area (Å²) in [5.41, 5.74) is 2.85. The molecule has 0 spiro atoms. The first-order valence-corrected chi connectivity index (χ1v) is 17.9. The van der Waals surface area contributed by atoms with Gasteiger partial charge in [0.2, 0.25) is 0 Å². The third kappa shape index (κ3) is 9.46. The number of benzene rings is 4. The summed E-state index contributed by atoms with van der Waals surface area (Å²) in [5.74, 6) is -2.54. The predicted octanol–water partition coefficient (Wildman–Crippen LogP) is 5.73. The van der Waals surface area contributed by atoms with Gasteiger partial charge in [0.15, 0.2) is 12.2 Å². The van der Waals surface area contributed by atoms with Gasteiger partial charge in [-0.2, -0.15) is 5.26 Å². The number of nitrogens with zero attached hydrogens (tertiary/aromatic N) is 2. The van der Waals surface area contributed by atoms with Gasteiger partial charge in [-0.3, -0.25) is 4.79 Å². The highest BCUT2D eigenvalue weighted by Gasteiger charge is 2.51. The van der Waals surface area contributed by atoms with Crippen molar-refractivity contribution in [1.82, 2.24) is 0 Å². The fourth-order valence-electron chi connectivity index (χ4n) is 6.12. The number of nitriles is 1. The van der Waals surface area contributed by atoms with Gasteiger partial charge in [-0.05, 0) is 85.7 Å². The van der Waals surface area contributed by atoms with E-state index in [0.29, 0.717) is 22.3 Å². The van der Waals surface area contributed by atoms with Crippen LogP contribution in [0.3, 0.4) is 0 Å². The number of ether oxygens (including phenoxy) is 7. The van der Waals surface area contributed by atoms with Crippen molar-refractivity contribution < 1.29 is 57.4 Å². The van der Waals surface area contributed by atoms with E-state index < -0.39 is 54.9 Å². The van der Waals surface area contributed by atoms with Crippen molar-refractivity contribution in [3.05, 3.63) is 147 Å². The standard InChI is InChI=1S/C44H36N2O12/c1-25-5-9-27(10-6-25)41(48)55-33-15-13-29(32(18-33)22-47)17-31(21-45)43(50)57-37-23-53-40-38(24-54-39(37)40)58-44(51)35(46-3)19-30-14-16-34(20-36(30)52-4)56-42(49)28-11-7-26(2)8-12-28/h5-20,37-40,47H,22-24H2,1-2,4H3/b31-17+,35-19-/t37-,38+,39+,40+/m0/s1. The van der Waals surface area contributed by atoms with Gasteiger partial charge in [-0.1, -0.05) is 41.5 Å². The van der Waals surface area contributed by atoms with Crippen molar-refractivity contribution in [2.24, 2.45) is 0 Å². The monoisotopic (exact) mass is 784 g/mol. The van der Waals surface area contributed by atoms with Crippen molar-refractivity contribution in [3.63, 3.8) is 0 Å². The Morgan fingerprint density at radius 2 is 1.29 bits per heavy atom. The molecule has 1 N–H and O–H groups in total. The molecule has 14 nitrogen and oxygen atoms in total. The lowest BCUT2D eigenvalue weighted by Crippen LogP contribution is -2.36. The Hall–Kier alpha value is -7.10. The molecular weight excluding hydrogens is 748 g/mol. The van der Waals surface area contributed by atoms with Crippen LogP contribution in [0, 0.1) is 31.8 Å². The van der Waals surface area contributed by atoms with Gasteiger partial charge in [-0.25, -0.2) is 19.2 Å². The lowest BCUT2D eigenvalue weighted by atomic mass is 10.0. The zero-order valence-electron chi connectivity index (χ0n) is 31.5. The van der Waals surface area contributed by atoms with E-state index in [1.807, 2.05) is 19.9 Å². The van der Waals surface area contributed by atoms with Crippen LogP contribution in [0.1, 0.15) is 48.5 Å². The summed E-state index contributed by atoms with van der Waals surface area (Å²) < 4.78 is 39.1. The van der Waals surface area contributed by atoms with Gasteiger partial charge in [0.05, 0.1) is 44.6 Å². The number of hydrogen-bond acceptors (Lipinski definition) is 13. The molecular formula is C44H36N2O12. The minimum atomic E-state index is -0.984. The molecule has 0 bridgehead atoms. The number of carbonyl (C=O) groups excluding carboxylic acids is 4. The minimum Gasteiger partial charge on any atom is -0.496 e. The number of carbonyl (C=O) groups is 4. The second kappa shape index (κ2) is 18.2. The third-order valence-electron chi connectivity index (χ3n) is 9.23. The lowest BCUT2D eigenvalue weighted by Gasteiger charge is -2.17. The molecule has 0 amide bonds. The van der Waals surface area contributed by atoms with Gasteiger partial charge in [0, 0.05) is 11.6 Å². The predicted molar refractivity (Wildman–Crippen MR) is 205 cm³/mol. The van der Waals surface area contributed by atoms with Gasteiger partial charge < -0.3 is 38.3 Å². The Bertz CT molecular complexity index is 2200. The molecule has 2 heterocycles. The van der Waals surface area contributed by atoms with E-state index in [4.69, 9.17) is 39.7 Å². The van der Waals surface area contributed by atoms with Crippen LogP contribution in [0.15, 0.2) is 96.2 Å². The van der Waals surface area contributed by atoms with Crippen LogP contribution in [0.2, 0.25) is 0 Å². The number of aliphatic hydroxyl groups is 1. The van der Waals surface area contributed by atoms with E-state index in [9.17, 15) is 29.5 Å². The fraction of sp³-hybridized carbons (Fsp3) is 0.227. The number of fused-ring (bicyclic) bond motifs is 1. The number of aryl methyl sites for hydroxylation is 2. The summed E-state index contributed by atoms with van der Waals surface area (Å²) in [6.45, 7) is 10.7. The van der Waals surface area contributed by atoms with Crippen LogP contribution in [0.5, 0.6) is 17.2 Å². The number of esters is 4. The molecule has 2 aliphatic rings. The summed E-state index contributed by atoms with van der Waals surface area (Å²) in [4.78, 5) is 54.8. The van der Waals surface area contributed by atoms with Crippen molar-refractivity contribution in [3.8, 4) is 23.3 Å². The van der Waals surface area contributed by atoms with Crippen LogP contribution in [0.25, 0.3) is 17.0 Å². The van der Waals surface area contributed by atoms with Crippen LogP contribution in [-0.4, -0.2) is 73.7 Å². The molecule has 294 valence electrons. The van der Waals surface area contributed by atoms with Crippen LogP contribution < -0.4 is 14.2 Å². The molecule has 58 heavy (non-hydrogen) atoms. The Morgan fingerprint density at radius 1 is 0.776 bits per heavy atom. The van der Waals surface area contributed by atoms with Gasteiger partial charge in [0.25, 0.3) is 5.70 Å². The molecule has 0 radical (unpaired) electrons. The molecule has 2 aliphatic heterocycles. The summed E-state index contributed by atoms with van der Waals surface area (Å²) >= 11 is 0. The number of aliphatic hydroxyl groups excluding tert-OH is 1. The summed E-state index contributed by atoms with van der Waals surface area (Å²) in [6.07, 6.45) is -1.07. The number of rotatable bonds is 12. The Balaban J connectivity index is 1.06. The van der Waals surface area contributed by atoms with E-state index in [0.717, 1.165) is 11.1 Å². The molecule has 0 unspecified atom stereocenters. The van der Waals surface area contributed by atoms with E-state index >= 15 is 0 Å². The molecule has 4 aromatic carbocycles. The maximum absolute atomic E-state index is 13.2. The van der Waals surface area contributed by atoms with Crippen molar-refractivity contribution in [1.29, 1.82) is 5.26 Å². The number of hydrogen-bond donors (Lipinski definition) is 1. The van der Waals surface area contributed by atoms with Crippen LogP contribution in [0.4, 0.5) is 0 Å². The molecule has 14 heteroatoms. The Labute approximate surface area is 333 Å². The largest absolute Gasteiger partial charge is 0.496 e. The SMILES string of the molecule is [C-]#[N+]/C(=C\c1ccc(OC(=O)c2ccc(C)cc2)cc1OC)C(=O)O[C@@H]1CO[C@H]2[C@@H]1OC[C@@H]2OC(=O)/C(C#N)=C/c1ccc(OC(=O)c2ccc(C)cc2)cc1CO. The van der Waals surface area contributed by atoms with E-state index in [1.54, 1.807) is 48.5 Å². The third-order valence-corrected chi connectivity index (χ3v) is 9.23. The highest BCUT2D eigenvalue weighted by atomic mass is 16.7. The molecule has 0 aromatic heterocycles. The fourth-order valence-corrected chi connectivity index (χ4v) is 6.12. The second-order valence-electron chi connectivity index (χ2n) is 13.2. The summed E-state index contributed by atoms with van der Waals surface area (Å²) in [6, 6.07) is 24.4. The molecule has 4 atom stereocenters. The Morgan fingerprint density at radius 3 is 1.79 bits per heavy atom. The Kier molecular flexibility index (Phi) is 12.7. The zero-order valence-corrected chi connectivity index (χ0v) is 31.5. The molecule has 2 saturated heterocycles. The van der Waals surface area contributed by atoms with Crippen molar-refractivity contribution >= 4 is 36.0 Å². The average Bonchev–Trinajstić information content (AvgIpc) is 3.82. The highest BCUT2D eigenvalue weighted by molar-refractivity contribution is 5.98. The molecule has 2 fully saturated rings. The first kappa shape index (κ1) is 40.6. The summed E-state index contributed by atoms with van der Waals surface area (Å²) in [7, 11) is 1.39. The van der Waals surface area contributed by atoms with Crippen LogP contribution in [-0.2, 0) is 35.1 Å². The molecule has 0 aliphatic carbocycles. The lowest BCUT2D eigenvalue weighted by molar-refractivity contribution is -0.150. The average molecular weight is 785 g/mol. The molecule has 4 aromatic rings. The van der Waals surface area contributed by atoms with Gasteiger partial charge in [0.1, 0.15) is 41.1 Å². The zero-order chi connectivity index (χ0) is 41.3. The van der Waals surface area contributed by atoms with E-state index in [-0.39, 0.29) is 47.3 Å². The minimum absolute atomic E-state index is 0.119. The first-order valence-electron chi connectivity index (χ1n) is 17.9. The smallest absolute Gasteiger partial charge is 0.349 e. The van der Waals surface area contributed by atoms with Crippen LogP contribution >= 0.6 is 0 Å². The normalized spacial score (nSPS) is 18.6. The van der Waals surface area contributed by atoms with Crippen molar-refractivity contribution in [2.75, 3.05) is 20.3 Å². The van der Waals surface area contributed by atoms with Gasteiger partial charge in [-0.15, -0.1) is 0 Å². The first-order chi connectivity index (χ1) is 28.0. The van der Waals surface area contributed by atoms with E-state index in [2.05, 4.69) is 4.85 Å². The molecule has 6 rings (SSSR count). The molecule has 0 saturated carbocycles. The second-order valence-corrected chi connectivity index (χ2v) is 13.2. The summed E-state index contributed by atoms with van der Waals surface area (Å²) in [5, 5.41) is 19.8. The van der Waals surface area contributed by atoms with Crippen molar-refractivity contribution in [2.45, 2.75) is 44.9 Å². The van der Waals surface area contributed by atoms with Gasteiger partial charge >= 0.3 is 23.9 Å². The number of methoxy groups -OCH3 is 1. The highest BCUT2D eigenvalue weighted by Crippen LogP contribution is 2.33. The maximum Gasteiger partial charge on any atom is 0.349 e. The topological polar surface area (TPSA) is 181 Å². The quantitative estimate of drug-likeness (QED) is 0.0605. The van der Waals surface area contributed by atoms with E-state index in [1.165, 1.54) is 55.7 Å². The maximum atomic E-state index is 13.2.